The zero-order valence-corrected chi connectivity index (χ0v) is 7.58. The molecule has 0 saturated heterocycles. The van der Waals surface area contributed by atoms with Crippen molar-refractivity contribution in [1.29, 1.82) is 0 Å². The molecule has 0 aliphatic carbocycles. The molecular weight excluding hydrogens is 208 g/mol. The molecule has 0 aliphatic rings. The topological polar surface area (TPSA) is 83.5 Å². The van der Waals surface area contributed by atoms with Crippen LogP contribution in [0.2, 0.25) is 0 Å². The molecule has 1 unspecified atom stereocenters. The van der Waals surface area contributed by atoms with Gasteiger partial charge in [-0.1, -0.05) is 0 Å². The summed E-state index contributed by atoms with van der Waals surface area (Å²) in [5.41, 5.74) is 5.32. The first-order chi connectivity index (χ1) is 6.91. The third-order valence-corrected chi connectivity index (χ3v) is 1.84. The molecule has 0 aromatic heterocycles. The second kappa shape index (κ2) is 4.22. The van der Waals surface area contributed by atoms with Gasteiger partial charge in [0.25, 0.3) is 0 Å². The van der Waals surface area contributed by atoms with E-state index in [-0.39, 0.29) is 12.0 Å². The van der Waals surface area contributed by atoms with Crippen LogP contribution in [0.5, 0.6) is 5.75 Å². The lowest BCUT2D eigenvalue weighted by Gasteiger charge is -2.07. The number of phenolic OH excluding ortho intramolecular Hbond substituents is 1. The lowest BCUT2D eigenvalue weighted by Crippen LogP contribution is -2.32. The number of carbonyl (C=O) groups is 1. The predicted octanol–water partition coefficient (Wildman–Crippen LogP) is 0.625. The standard InChI is InChI=1S/C9H9F2NO3/c10-5-1-4(2-6(12)9(14)15)3-7(13)8(5)11/h1,3,6,13H,2,12H2,(H,14,15). The lowest BCUT2D eigenvalue weighted by molar-refractivity contribution is -0.138. The van der Waals surface area contributed by atoms with Crippen molar-refractivity contribution < 1.29 is 23.8 Å². The number of carboxylic acid groups (broad SMARTS) is 1. The fourth-order valence-corrected chi connectivity index (χ4v) is 1.09. The maximum absolute atomic E-state index is 12.8. The van der Waals surface area contributed by atoms with Crippen molar-refractivity contribution in [3.8, 4) is 5.75 Å². The van der Waals surface area contributed by atoms with Crippen LogP contribution in [-0.2, 0) is 11.2 Å². The number of carboxylic acids is 1. The van der Waals surface area contributed by atoms with Crippen molar-refractivity contribution in [3.63, 3.8) is 0 Å². The molecule has 0 radical (unpaired) electrons. The number of aromatic hydroxyl groups is 1. The molecule has 0 heterocycles. The average molecular weight is 217 g/mol. The second-order valence-electron chi connectivity index (χ2n) is 3.06. The fourth-order valence-electron chi connectivity index (χ4n) is 1.09. The number of rotatable bonds is 3. The SMILES string of the molecule is NC(Cc1cc(O)c(F)c(F)c1)C(=O)O. The van der Waals surface area contributed by atoms with Crippen LogP contribution >= 0.6 is 0 Å². The van der Waals surface area contributed by atoms with Crippen LogP contribution in [0, 0.1) is 11.6 Å². The molecule has 4 nitrogen and oxygen atoms in total. The first-order valence-corrected chi connectivity index (χ1v) is 4.07. The minimum atomic E-state index is -1.36. The summed E-state index contributed by atoms with van der Waals surface area (Å²) >= 11 is 0. The predicted molar refractivity (Wildman–Crippen MR) is 47.3 cm³/mol. The summed E-state index contributed by atoms with van der Waals surface area (Å²) in [5, 5.41) is 17.4. The normalized spacial score (nSPS) is 12.5. The van der Waals surface area contributed by atoms with Crippen LogP contribution in [0.1, 0.15) is 5.56 Å². The van der Waals surface area contributed by atoms with E-state index < -0.39 is 29.4 Å². The Hall–Kier alpha value is -1.69. The van der Waals surface area contributed by atoms with E-state index in [1.54, 1.807) is 0 Å². The van der Waals surface area contributed by atoms with E-state index in [1.807, 2.05) is 0 Å². The highest BCUT2D eigenvalue weighted by Gasteiger charge is 2.15. The van der Waals surface area contributed by atoms with Crippen molar-refractivity contribution >= 4 is 5.97 Å². The summed E-state index contributed by atoms with van der Waals surface area (Å²) in [6.07, 6.45) is -0.180. The first-order valence-electron chi connectivity index (χ1n) is 4.07. The third-order valence-electron chi connectivity index (χ3n) is 1.84. The molecule has 1 atom stereocenters. The van der Waals surface area contributed by atoms with Gasteiger partial charge in [-0.05, 0) is 24.1 Å². The highest BCUT2D eigenvalue weighted by atomic mass is 19.2. The van der Waals surface area contributed by atoms with Gasteiger partial charge in [0.1, 0.15) is 6.04 Å². The summed E-state index contributed by atoms with van der Waals surface area (Å²) in [7, 11) is 0. The smallest absolute Gasteiger partial charge is 0.320 e. The number of halogens is 2. The number of benzene rings is 1. The summed E-state index contributed by atoms with van der Waals surface area (Å²) in [6.45, 7) is 0. The van der Waals surface area contributed by atoms with E-state index in [1.165, 1.54) is 0 Å². The Labute approximate surface area is 83.9 Å². The minimum Gasteiger partial charge on any atom is -0.505 e. The third kappa shape index (κ3) is 2.63. The maximum atomic E-state index is 12.8. The van der Waals surface area contributed by atoms with E-state index in [0.717, 1.165) is 12.1 Å². The summed E-state index contributed by atoms with van der Waals surface area (Å²) in [6, 6.07) is 0.535. The minimum absolute atomic E-state index is 0.126. The molecule has 0 bridgehead atoms. The van der Waals surface area contributed by atoms with E-state index in [4.69, 9.17) is 15.9 Å². The summed E-state index contributed by atoms with van der Waals surface area (Å²) < 4.78 is 25.4. The highest BCUT2D eigenvalue weighted by molar-refractivity contribution is 5.73. The molecule has 0 fully saturated rings. The zero-order valence-electron chi connectivity index (χ0n) is 7.58. The molecule has 6 heteroatoms. The van der Waals surface area contributed by atoms with Gasteiger partial charge in [-0.2, -0.15) is 4.39 Å². The van der Waals surface area contributed by atoms with Crippen LogP contribution < -0.4 is 5.73 Å². The molecule has 1 aromatic carbocycles. The number of nitrogens with two attached hydrogens (primary N) is 1. The first kappa shape index (κ1) is 11.4. The van der Waals surface area contributed by atoms with Gasteiger partial charge in [0, 0.05) is 0 Å². The number of hydrogen-bond acceptors (Lipinski definition) is 3. The van der Waals surface area contributed by atoms with Gasteiger partial charge in [0.2, 0.25) is 0 Å². The Kier molecular flexibility index (Phi) is 3.21. The molecule has 0 amide bonds. The monoisotopic (exact) mass is 217 g/mol. The van der Waals surface area contributed by atoms with E-state index in [0.29, 0.717) is 0 Å². The molecular formula is C9H9F2NO3. The van der Waals surface area contributed by atoms with Crippen LogP contribution in [0.15, 0.2) is 12.1 Å². The molecule has 0 saturated carbocycles. The molecule has 0 spiro atoms. The van der Waals surface area contributed by atoms with Gasteiger partial charge in [0.05, 0.1) is 0 Å². The number of phenols is 1. The Morgan fingerprint density at radius 2 is 2.07 bits per heavy atom. The average Bonchev–Trinajstić information content (AvgIpc) is 2.13. The van der Waals surface area contributed by atoms with Crippen molar-refractivity contribution in [2.75, 3.05) is 0 Å². The quantitative estimate of drug-likeness (QED) is 0.693. The Morgan fingerprint density at radius 3 is 2.53 bits per heavy atom. The molecule has 0 aliphatic heterocycles. The van der Waals surface area contributed by atoms with Crippen LogP contribution in [0.4, 0.5) is 8.78 Å². The van der Waals surface area contributed by atoms with Crippen LogP contribution in [0.25, 0.3) is 0 Å². The molecule has 4 N–H and O–H groups in total. The Bertz CT molecular complexity index is 372. The van der Waals surface area contributed by atoms with Crippen molar-refractivity contribution in [2.24, 2.45) is 5.73 Å². The Morgan fingerprint density at radius 1 is 1.47 bits per heavy atom. The fraction of sp³-hybridized carbons (Fsp3) is 0.222. The van der Waals surface area contributed by atoms with E-state index in [2.05, 4.69) is 0 Å². The highest BCUT2D eigenvalue weighted by Crippen LogP contribution is 2.21. The van der Waals surface area contributed by atoms with Crippen LogP contribution in [0.3, 0.4) is 0 Å². The van der Waals surface area contributed by atoms with Gasteiger partial charge in [-0.3, -0.25) is 4.79 Å². The van der Waals surface area contributed by atoms with Gasteiger partial charge < -0.3 is 15.9 Å². The largest absolute Gasteiger partial charge is 0.505 e. The maximum Gasteiger partial charge on any atom is 0.320 e. The summed E-state index contributed by atoms with van der Waals surface area (Å²) in [4.78, 5) is 10.4. The van der Waals surface area contributed by atoms with Crippen molar-refractivity contribution in [1.82, 2.24) is 0 Å². The molecule has 15 heavy (non-hydrogen) atoms. The van der Waals surface area contributed by atoms with Crippen molar-refractivity contribution in [2.45, 2.75) is 12.5 Å². The Balaban J connectivity index is 2.92. The van der Waals surface area contributed by atoms with Gasteiger partial charge in [-0.15, -0.1) is 0 Å². The molecule has 82 valence electrons. The number of aliphatic carboxylic acids is 1. The second-order valence-corrected chi connectivity index (χ2v) is 3.06. The van der Waals surface area contributed by atoms with Crippen LogP contribution in [-0.4, -0.2) is 22.2 Å². The van der Waals surface area contributed by atoms with Gasteiger partial charge in [0.15, 0.2) is 17.4 Å². The van der Waals surface area contributed by atoms with E-state index in [9.17, 15) is 13.6 Å². The number of hydrogen-bond donors (Lipinski definition) is 3. The van der Waals surface area contributed by atoms with Gasteiger partial charge in [-0.25, -0.2) is 4.39 Å². The van der Waals surface area contributed by atoms with Gasteiger partial charge >= 0.3 is 5.97 Å². The van der Waals surface area contributed by atoms with E-state index >= 15 is 0 Å². The molecule has 1 aromatic rings. The molecule has 1 rings (SSSR count). The zero-order chi connectivity index (χ0) is 11.6. The summed E-state index contributed by atoms with van der Waals surface area (Å²) in [5.74, 6) is -4.70. The van der Waals surface area contributed by atoms with Crippen molar-refractivity contribution in [3.05, 3.63) is 29.3 Å². The lowest BCUT2D eigenvalue weighted by atomic mass is 10.1.